The van der Waals surface area contributed by atoms with Gasteiger partial charge in [0.15, 0.2) is 0 Å². The minimum atomic E-state index is -0.798. The summed E-state index contributed by atoms with van der Waals surface area (Å²) in [7, 11) is -1.60. The number of hydrogen-bond donors (Lipinski definition) is 0. The van der Waals surface area contributed by atoms with Gasteiger partial charge in [0.25, 0.3) is 0 Å². The van der Waals surface area contributed by atoms with Crippen LogP contribution in [0.25, 0.3) is 0 Å². The summed E-state index contributed by atoms with van der Waals surface area (Å²) in [5.41, 5.74) is 0. The van der Waals surface area contributed by atoms with Crippen LogP contribution in [0, 0.1) is 5.92 Å². The third-order valence-corrected chi connectivity index (χ3v) is 10.9. The SMILES string of the molecule is O=CC1C(P(c2ccccc2)c2ccccc2)=CC=C1P(c1ccccc1)c1ccccc1. The average molecular weight is 462 g/mol. The molecule has 0 saturated carbocycles. The van der Waals surface area contributed by atoms with E-state index in [4.69, 9.17) is 0 Å². The summed E-state index contributed by atoms with van der Waals surface area (Å²) >= 11 is 0. The molecule has 0 amide bonds. The molecule has 0 radical (unpaired) electrons. The van der Waals surface area contributed by atoms with E-state index in [1.165, 1.54) is 31.8 Å². The summed E-state index contributed by atoms with van der Waals surface area (Å²) < 4.78 is 0. The standard InChI is InChI=1S/C30H24OP2/c31-23-28-29(32(24-13-5-1-6-14-24)25-15-7-2-8-16-25)21-22-30(28)33(26-17-9-3-10-18-26)27-19-11-4-12-20-27/h1-23,28H. The lowest BCUT2D eigenvalue weighted by Gasteiger charge is -2.28. The van der Waals surface area contributed by atoms with Gasteiger partial charge in [-0.05, 0) is 47.7 Å². The van der Waals surface area contributed by atoms with Gasteiger partial charge in [0, 0.05) is 0 Å². The van der Waals surface area contributed by atoms with E-state index in [-0.39, 0.29) is 5.92 Å². The second-order valence-electron chi connectivity index (χ2n) is 7.81. The maximum absolute atomic E-state index is 12.7. The van der Waals surface area contributed by atoms with Gasteiger partial charge in [0.05, 0.1) is 5.92 Å². The first-order valence-electron chi connectivity index (χ1n) is 11.0. The first-order valence-corrected chi connectivity index (χ1v) is 13.7. The highest BCUT2D eigenvalue weighted by molar-refractivity contribution is 7.78. The largest absolute Gasteiger partial charge is 0.302 e. The second kappa shape index (κ2) is 10.2. The zero-order chi connectivity index (χ0) is 22.5. The Labute approximate surface area is 198 Å². The zero-order valence-corrected chi connectivity index (χ0v) is 19.9. The molecule has 1 nitrogen and oxygen atoms in total. The molecule has 0 aliphatic heterocycles. The molecule has 0 heterocycles. The maximum atomic E-state index is 12.7. The summed E-state index contributed by atoms with van der Waals surface area (Å²) in [5.74, 6) is -0.219. The molecule has 0 N–H and O–H groups in total. The van der Waals surface area contributed by atoms with Gasteiger partial charge >= 0.3 is 0 Å². The smallest absolute Gasteiger partial charge is 0.131 e. The van der Waals surface area contributed by atoms with Crippen molar-refractivity contribution in [3.8, 4) is 0 Å². The first-order chi connectivity index (χ1) is 16.4. The van der Waals surface area contributed by atoms with Crippen molar-refractivity contribution in [1.29, 1.82) is 0 Å². The molecule has 5 rings (SSSR count). The topological polar surface area (TPSA) is 17.1 Å². The van der Waals surface area contributed by atoms with Crippen LogP contribution >= 0.6 is 15.8 Å². The van der Waals surface area contributed by atoms with Gasteiger partial charge in [-0.15, -0.1) is 0 Å². The number of hydrogen-bond acceptors (Lipinski definition) is 1. The Morgan fingerprint density at radius 3 is 0.970 bits per heavy atom. The molecule has 0 unspecified atom stereocenters. The van der Waals surface area contributed by atoms with Gasteiger partial charge < -0.3 is 4.79 Å². The second-order valence-corrected chi connectivity index (χ2v) is 12.2. The Morgan fingerprint density at radius 2 is 0.727 bits per heavy atom. The van der Waals surface area contributed by atoms with E-state index in [1.807, 2.05) is 0 Å². The molecule has 0 atom stereocenters. The molecule has 4 aromatic rings. The van der Waals surface area contributed by atoms with E-state index in [0.29, 0.717) is 0 Å². The van der Waals surface area contributed by atoms with Gasteiger partial charge in [-0.3, -0.25) is 0 Å². The van der Waals surface area contributed by atoms with Crippen molar-refractivity contribution >= 4 is 43.3 Å². The fourth-order valence-corrected chi connectivity index (χ4v) is 9.47. The minimum Gasteiger partial charge on any atom is -0.302 e. The molecule has 0 aromatic heterocycles. The molecule has 0 saturated heterocycles. The van der Waals surface area contributed by atoms with Gasteiger partial charge in [-0.1, -0.05) is 133 Å². The lowest BCUT2D eigenvalue weighted by Crippen LogP contribution is -2.20. The van der Waals surface area contributed by atoms with Crippen molar-refractivity contribution in [3.05, 3.63) is 144 Å². The number of aldehydes is 1. The third kappa shape index (κ3) is 4.53. The maximum Gasteiger partial charge on any atom is 0.131 e. The zero-order valence-electron chi connectivity index (χ0n) is 18.2. The number of rotatable bonds is 7. The van der Waals surface area contributed by atoms with Crippen LogP contribution in [-0.4, -0.2) is 6.29 Å². The molecule has 3 heteroatoms. The van der Waals surface area contributed by atoms with Crippen molar-refractivity contribution < 1.29 is 4.79 Å². The third-order valence-electron chi connectivity index (χ3n) is 5.77. The van der Waals surface area contributed by atoms with Crippen LogP contribution in [0.3, 0.4) is 0 Å². The van der Waals surface area contributed by atoms with E-state index in [0.717, 1.165) is 6.29 Å². The lowest BCUT2D eigenvalue weighted by molar-refractivity contribution is -0.109. The molecule has 0 fully saturated rings. The van der Waals surface area contributed by atoms with Gasteiger partial charge in [0.1, 0.15) is 6.29 Å². The summed E-state index contributed by atoms with van der Waals surface area (Å²) in [6, 6.07) is 42.5. The molecular weight excluding hydrogens is 438 g/mol. The van der Waals surface area contributed by atoms with Gasteiger partial charge in [-0.2, -0.15) is 0 Å². The van der Waals surface area contributed by atoms with Crippen molar-refractivity contribution in [1.82, 2.24) is 0 Å². The normalized spacial score (nSPS) is 13.8. The highest BCUT2D eigenvalue weighted by Gasteiger charge is 2.35. The summed E-state index contributed by atoms with van der Waals surface area (Å²) in [5, 5.41) is 7.52. The fourth-order valence-electron chi connectivity index (χ4n) is 4.30. The number of carbonyl (C=O) groups is 1. The van der Waals surface area contributed by atoms with Crippen molar-refractivity contribution in [2.45, 2.75) is 0 Å². The monoisotopic (exact) mass is 462 g/mol. The average Bonchev–Trinajstić information content (AvgIpc) is 3.30. The predicted octanol–water partition coefficient (Wildman–Crippen LogP) is 5.85. The van der Waals surface area contributed by atoms with Crippen molar-refractivity contribution in [3.63, 3.8) is 0 Å². The Bertz CT molecular complexity index is 1090. The quantitative estimate of drug-likeness (QED) is 0.249. The van der Waals surface area contributed by atoms with Crippen LogP contribution in [0.1, 0.15) is 0 Å². The van der Waals surface area contributed by atoms with Crippen LogP contribution in [-0.2, 0) is 4.79 Å². The first kappa shape index (κ1) is 21.7. The molecule has 33 heavy (non-hydrogen) atoms. The van der Waals surface area contributed by atoms with Gasteiger partial charge in [0.2, 0.25) is 0 Å². The highest BCUT2D eigenvalue weighted by atomic mass is 31.1. The van der Waals surface area contributed by atoms with Crippen LogP contribution in [0.4, 0.5) is 0 Å². The Morgan fingerprint density at radius 1 is 0.455 bits per heavy atom. The Hall–Kier alpha value is -3.11. The van der Waals surface area contributed by atoms with Crippen LogP contribution in [0.15, 0.2) is 144 Å². The molecule has 0 bridgehead atoms. The number of carbonyl (C=O) groups excluding carboxylic acids is 1. The molecule has 160 valence electrons. The highest BCUT2D eigenvalue weighted by Crippen LogP contribution is 2.57. The molecule has 1 aliphatic carbocycles. The summed E-state index contributed by atoms with van der Waals surface area (Å²) in [4.78, 5) is 12.7. The number of allylic oxidation sites excluding steroid dienone is 4. The Kier molecular flexibility index (Phi) is 6.73. The minimum absolute atomic E-state index is 0.219. The number of benzene rings is 4. The Balaban J connectivity index is 1.59. The van der Waals surface area contributed by atoms with Crippen molar-refractivity contribution in [2.24, 2.45) is 5.92 Å². The fraction of sp³-hybridized carbons (Fsp3) is 0.0333. The summed E-state index contributed by atoms with van der Waals surface area (Å²) in [6.45, 7) is 0. The molecule has 4 aromatic carbocycles. The molecule has 0 spiro atoms. The van der Waals surface area contributed by atoms with E-state index in [9.17, 15) is 4.79 Å². The van der Waals surface area contributed by atoms with E-state index < -0.39 is 15.8 Å². The molecule has 1 aliphatic rings. The van der Waals surface area contributed by atoms with E-state index >= 15 is 0 Å². The van der Waals surface area contributed by atoms with Crippen LogP contribution < -0.4 is 21.2 Å². The van der Waals surface area contributed by atoms with E-state index in [2.05, 4.69) is 133 Å². The summed E-state index contributed by atoms with van der Waals surface area (Å²) in [6.07, 6.45) is 5.61. The van der Waals surface area contributed by atoms with Gasteiger partial charge in [-0.25, -0.2) is 0 Å². The van der Waals surface area contributed by atoms with Crippen LogP contribution in [0.5, 0.6) is 0 Å². The molecular formula is C30H24OP2. The van der Waals surface area contributed by atoms with Crippen molar-refractivity contribution in [2.75, 3.05) is 0 Å². The van der Waals surface area contributed by atoms with E-state index in [1.54, 1.807) is 0 Å². The lowest BCUT2D eigenvalue weighted by atomic mass is 10.2. The predicted molar refractivity (Wildman–Crippen MR) is 144 cm³/mol. The van der Waals surface area contributed by atoms with Crippen LogP contribution in [0.2, 0.25) is 0 Å².